The molecule has 2 aliphatic rings. The largest absolute Gasteiger partial charge is 0.480 e. The number of hydrogen-bond acceptors (Lipinski definition) is 3. The van der Waals surface area contributed by atoms with Crippen LogP contribution in [0.3, 0.4) is 0 Å². The Balaban J connectivity index is 1.98. The molecule has 1 N–H and O–H groups in total. The third-order valence-electron chi connectivity index (χ3n) is 2.07. The zero-order chi connectivity index (χ0) is 7.14. The molecule has 0 aliphatic carbocycles. The van der Waals surface area contributed by atoms with Gasteiger partial charge in [-0.3, -0.25) is 9.69 Å². The van der Waals surface area contributed by atoms with Crippen molar-refractivity contribution in [2.75, 3.05) is 13.1 Å². The molecule has 0 radical (unpaired) electrons. The maximum atomic E-state index is 10.5. The number of carboxylic acids is 1. The highest BCUT2D eigenvalue weighted by atomic mass is 32.2. The second kappa shape index (κ2) is 2.13. The standard InChI is InChI=1S/C6H9NO2S/c8-6(9)4-3-7-2-1-5(7)10-4/h4-5H,1-3H2,(H,8,9). The quantitative estimate of drug-likeness (QED) is 0.594. The van der Waals surface area contributed by atoms with E-state index in [-0.39, 0.29) is 5.25 Å². The summed E-state index contributed by atoms with van der Waals surface area (Å²) in [5.41, 5.74) is 0. The maximum Gasteiger partial charge on any atom is 0.318 e. The molecule has 0 spiro atoms. The van der Waals surface area contributed by atoms with E-state index in [0.717, 1.165) is 13.1 Å². The van der Waals surface area contributed by atoms with Crippen molar-refractivity contribution >= 4 is 17.7 Å². The molecule has 3 nitrogen and oxygen atoms in total. The van der Waals surface area contributed by atoms with Crippen LogP contribution in [0.4, 0.5) is 0 Å². The van der Waals surface area contributed by atoms with Gasteiger partial charge in [-0.1, -0.05) is 0 Å². The first-order valence-corrected chi connectivity index (χ1v) is 4.34. The molecule has 0 saturated carbocycles. The summed E-state index contributed by atoms with van der Waals surface area (Å²) in [5.74, 6) is -0.653. The number of nitrogens with zero attached hydrogens (tertiary/aromatic N) is 1. The van der Waals surface area contributed by atoms with E-state index in [2.05, 4.69) is 4.90 Å². The normalized spacial score (nSPS) is 38.8. The summed E-state index contributed by atoms with van der Waals surface area (Å²) in [6.07, 6.45) is 1.18. The molecule has 10 heavy (non-hydrogen) atoms. The van der Waals surface area contributed by atoms with Crippen molar-refractivity contribution in [1.82, 2.24) is 4.90 Å². The third-order valence-corrected chi connectivity index (χ3v) is 3.59. The van der Waals surface area contributed by atoms with Crippen molar-refractivity contribution in [1.29, 1.82) is 0 Å². The van der Waals surface area contributed by atoms with Gasteiger partial charge in [-0.05, 0) is 6.42 Å². The van der Waals surface area contributed by atoms with Crippen molar-refractivity contribution in [3.63, 3.8) is 0 Å². The van der Waals surface area contributed by atoms with Crippen molar-refractivity contribution in [2.45, 2.75) is 17.0 Å². The van der Waals surface area contributed by atoms with E-state index in [0.29, 0.717) is 5.37 Å². The number of rotatable bonds is 1. The fourth-order valence-corrected chi connectivity index (χ4v) is 2.74. The molecule has 2 fully saturated rings. The first kappa shape index (κ1) is 6.49. The minimum absolute atomic E-state index is 0.160. The fourth-order valence-electron chi connectivity index (χ4n) is 1.36. The lowest BCUT2D eigenvalue weighted by atomic mass is 10.2. The molecule has 56 valence electrons. The molecule has 0 aromatic carbocycles. The maximum absolute atomic E-state index is 10.5. The average Bonchev–Trinajstić information content (AvgIpc) is 2.09. The molecule has 2 rings (SSSR count). The minimum atomic E-state index is -0.653. The number of fused-ring (bicyclic) bond motifs is 1. The van der Waals surface area contributed by atoms with Crippen LogP contribution in [-0.4, -0.2) is 39.7 Å². The number of thioether (sulfide) groups is 1. The van der Waals surface area contributed by atoms with Gasteiger partial charge in [0.15, 0.2) is 0 Å². The molecular weight excluding hydrogens is 150 g/mol. The highest BCUT2D eigenvalue weighted by Crippen LogP contribution is 2.38. The van der Waals surface area contributed by atoms with E-state index < -0.39 is 5.97 Å². The highest BCUT2D eigenvalue weighted by molar-refractivity contribution is 8.01. The summed E-state index contributed by atoms with van der Waals surface area (Å²) >= 11 is 1.59. The van der Waals surface area contributed by atoms with Crippen LogP contribution in [0.15, 0.2) is 0 Å². The second-order valence-electron chi connectivity index (χ2n) is 2.70. The Morgan fingerprint density at radius 1 is 1.70 bits per heavy atom. The lowest BCUT2D eigenvalue weighted by Gasteiger charge is -2.32. The summed E-state index contributed by atoms with van der Waals surface area (Å²) in [6.45, 7) is 1.85. The van der Waals surface area contributed by atoms with Crippen LogP contribution in [0, 0.1) is 0 Å². The van der Waals surface area contributed by atoms with E-state index in [1.165, 1.54) is 6.42 Å². The number of carbonyl (C=O) groups is 1. The molecule has 2 aliphatic heterocycles. The SMILES string of the molecule is O=C(O)C1CN2CCC2S1. The van der Waals surface area contributed by atoms with E-state index in [1.807, 2.05) is 0 Å². The van der Waals surface area contributed by atoms with Gasteiger partial charge in [-0.15, -0.1) is 11.8 Å². The van der Waals surface area contributed by atoms with Gasteiger partial charge in [-0.2, -0.15) is 0 Å². The van der Waals surface area contributed by atoms with E-state index in [1.54, 1.807) is 11.8 Å². The van der Waals surface area contributed by atoms with Gasteiger partial charge < -0.3 is 5.11 Å². The Morgan fingerprint density at radius 2 is 2.50 bits per heavy atom. The van der Waals surface area contributed by atoms with Gasteiger partial charge in [0.2, 0.25) is 0 Å². The van der Waals surface area contributed by atoms with Gasteiger partial charge in [0.1, 0.15) is 5.25 Å². The molecule has 2 heterocycles. The van der Waals surface area contributed by atoms with Crippen LogP contribution in [0.2, 0.25) is 0 Å². The van der Waals surface area contributed by atoms with Crippen molar-refractivity contribution in [2.24, 2.45) is 0 Å². The van der Waals surface area contributed by atoms with Crippen molar-refractivity contribution < 1.29 is 9.90 Å². The van der Waals surface area contributed by atoms with Crippen LogP contribution in [-0.2, 0) is 4.79 Å². The van der Waals surface area contributed by atoms with Crippen molar-refractivity contribution in [3.05, 3.63) is 0 Å². The zero-order valence-corrected chi connectivity index (χ0v) is 6.30. The smallest absolute Gasteiger partial charge is 0.318 e. The summed E-state index contributed by atoms with van der Waals surface area (Å²) in [7, 11) is 0. The molecule has 2 unspecified atom stereocenters. The predicted molar refractivity (Wildman–Crippen MR) is 39.0 cm³/mol. The van der Waals surface area contributed by atoms with Gasteiger partial charge in [-0.25, -0.2) is 0 Å². The molecular formula is C6H9NO2S. The monoisotopic (exact) mass is 159 g/mol. The lowest BCUT2D eigenvalue weighted by Crippen LogP contribution is -2.41. The molecule has 0 aromatic rings. The van der Waals surface area contributed by atoms with Crippen LogP contribution in [0.25, 0.3) is 0 Å². The average molecular weight is 159 g/mol. The van der Waals surface area contributed by atoms with Crippen LogP contribution in [0.1, 0.15) is 6.42 Å². The lowest BCUT2D eigenvalue weighted by molar-refractivity contribution is -0.136. The topological polar surface area (TPSA) is 40.5 Å². The summed E-state index contributed by atoms with van der Waals surface area (Å²) in [5, 5.41) is 9.00. The molecule has 0 aromatic heterocycles. The minimum Gasteiger partial charge on any atom is -0.480 e. The number of hydrogen-bond donors (Lipinski definition) is 1. The first-order valence-electron chi connectivity index (χ1n) is 3.39. The molecule has 2 saturated heterocycles. The Kier molecular flexibility index (Phi) is 1.38. The van der Waals surface area contributed by atoms with E-state index in [9.17, 15) is 4.79 Å². The Labute approximate surface area is 63.4 Å². The zero-order valence-electron chi connectivity index (χ0n) is 5.49. The molecule has 2 atom stereocenters. The second-order valence-corrected chi connectivity index (χ2v) is 4.09. The number of aliphatic carboxylic acids is 1. The van der Waals surface area contributed by atoms with Crippen LogP contribution < -0.4 is 0 Å². The Bertz CT molecular complexity index is 161. The van der Waals surface area contributed by atoms with Crippen LogP contribution >= 0.6 is 11.8 Å². The Hall–Kier alpha value is -0.220. The molecule has 4 heteroatoms. The molecule has 0 bridgehead atoms. The highest BCUT2D eigenvalue weighted by Gasteiger charge is 2.41. The fraction of sp³-hybridized carbons (Fsp3) is 0.833. The van der Waals surface area contributed by atoms with E-state index >= 15 is 0 Å². The van der Waals surface area contributed by atoms with Gasteiger partial charge >= 0.3 is 5.97 Å². The summed E-state index contributed by atoms with van der Waals surface area (Å²) < 4.78 is 0. The van der Waals surface area contributed by atoms with Gasteiger partial charge in [0.25, 0.3) is 0 Å². The third kappa shape index (κ3) is 0.828. The van der Waals surface area contributed by atoms with Gasteiger partial charge in [0.05, 0.1) is 5.37 Å². The Morgan fingerprint density at radius 3 is 2.80 bits per heavy atom. The van der Waals surface area contributed by atoms with Crippen LogP contribution in [0.5, 0.6) is 0 Å². The number of carboxylic acid groups (broad SMARTS) is 1. The van der Waals surface area contributed by atoms with Crippen molar-refractivity contribution in [3.8, 4) is 0 Å². The first-order chi connectivity index (χ1) is 4.77. The summed E-state index contributed by atoms with van der Waals surface area (Å²) in [6, 6.07) is 0. The van der Waals surface area contributed by atoms with Gasteiger partial charge in [0, 0.05) is 13.1 Å². The predicted octanol–water partition coefficient (Wildman–Crippen LogP) is 0.218. The van der Waals surface area contributed by atoms with E-state index in [4.69, 9.17) is 5.11 Å². The summed E-state index contributed by atoms with van der Waals surface area (Å²) in [4.78, 5) is 12.7. The molecule has 0 amide bonds.